The lowest BCUT2D eigenvalue weighted by Crippen LogP contribution is -2.46. The Morgan fingerprint density at radius 2 is 1.94 bits per heavy atom. The monoisotopic (exact) mass is 507 g/mol. The van der Waals surface area contributed by atoms with Crippen LogP contribution in [0.25, 0.3) is 16.2 Å². The van der Waals surface area contributed by atoms with Gasteiger partial charge < -0.3 is 20.3 Å². The minimum atomic E-state index is -0.448. The van der Waals surface area contributed by atoms with E-state index < -0.39 is 6.09 Å². The Kier molecular flexibility index (Phi) is 8.32. The molecule has 3 aromatic rings. The molecule has 1 aliphatic heterocycles. The molecule has 34 heavy (non-hydrogen) atoms. The van der Waals surface area contributed by atoms with Gasteiger partial charge in [0, 0.05) is 42.8 Å². The van der Waals surface area contributed by atoms with E-state index in [1.807, 2.05) is 11.6 Å². The van der Waals surface area contributed by atoms with Gasteiger partial charge in [0.2, 0.25) is 0 Å². The molecular formula is C22H30ClN7O3S. The Morgan fingerprint density at radius 1 is 1.21 bits per heavy atom. The summed E-state index contributed by atoms with van der Waals surface area (Å²) in [5.74, 6) is 1.33. The van der Waals surface area contributed by atoms with Crippen molar-refractivity contribution in [1.82, 2.24) is 29.8 Å². The van der Waals surface area contributed by atoms with Crippen LogP contribution in [0.3, 0.4) is 0 Å². The van der Waals surface area contributed by atoms with Crippen LogP contribution in [0.5, 0.6) is 0 Å². The number of fused-ring (bicyclic) bond motifs is 1. The Balaban J connectivity index is 0.00000324. The number of amides is 2. The fraction of sp³-hybridized carbons (Fsp3) is 0.500. The van der Waals surface area contributed by atoms with Crippen LogP contribution < -0.4 is 10.6 Å². The number of nitrogens with zero attached hydrogens (tertiary/aromatic N) is 5. The molecule has 2 amide bonds. The first-order valence-electron chi connectivity index (χ1n) is 11.1. The number of hydrogen-bond acceptors (Lipinski definition) is 8. The van der Waals surface area contributed by atoms with Crippen molar-refractivity contribution in [3.63, 3.8) is 0 Å². The van der Waals surface area contributed by atoms with Crippen LogP contribution >= 0.6 is 23.7 Å². The molecule has 0 radical (unpaired) electrons. The number of piperidine rings is 1. The molecule has 4 heterocycles. The lowest BCUT2D eigenvalue weighted by atomic mass is 10.0. The molecule has 1 fully saturated rings. The lowest BCUT2D eigenvalue weighted by Gasteiger charge is -2.32. The van der Waals surface area contributed by atoms with E-state index in [1.54, 1.807) is 33.0 Å². The van der Waals surface area contributed by atoms with Crippen LogP contribution in [-0.2, 0) is 4.74 Å². The molecule has 0 aromatic carbocycles. The number of likely N-dealkylation sites (tertiary alicyclic amines) is 1. The summed E-state index contributed by atoms with van der Waals surface area (Å²) in [6.07, 6.45) is 4.48. The van der Waals surface area contributed by atoms with Crippen molar-refractivity contribution in [2.45, 2.75) is 45.7 Å². The van der Waals surface area contributed by atoms with E-state index in [1.165, 1.54) is 7.11 Å². The van der Waals surface area contributed by atoms with Gasteiger partial charge in [-0.2, -0.15) is 5.10 Å². The maximum Gasteiger partial charge on any atom is 0.407 e. The van der Waals surface area contributed by atoms with Crippen molar-refractivity contribution in [2.24, 2.45) is 5.92 Å². The molecule has 2 N–H and O–H groups in total. The highest BCUT2D eigenvalue weighted by atomic mass is 35.5. The predicted molar refractivity (Wildman–Crippen MR) is 134 cm³/mol. The van der Waals surface area contributed by atoms with Gasteiger partial charge in [-0.1, -0.05) is 13.8 Å². The molecule has 1 saturated heterocycles. The van der Waals surface area contributed by atoms with Crippen molar-refractivity contribution >= 4 is 46.4 Å². The fourth-order valence-corrected chi connectivity index (χ4v) is 4.44. The van der Waals surface area contributed by atoms with E-state index in [9.17, 15) is 9.59 Å². The topological polar surface area (TPSA) is 114 Å². The molecule has 184 valence electrons. The van der Waals surface area contributed by atoms with Gasteiger partial charge in [0.05, 0.1) is 18.9 Å². The van der Waals surface area contributed by atoms with Gasteiger partial charge in [-0.15, -0.1) is 23.7 Å². The van der Waals surface area contributed by atoms with Gasteiger partial charge in [0.25, 0.3) is 5.91 Å². The number of carbonyl (C=O) groups is 2. The first kappa shape index (κ1) is 25.7. The molecule has 10 nitrogen and oxygen atoms in total. The Labute approximate surface area is 208 Å². The zero-order valence-electron chi connectivity index (χ0n) is 19.6. The largest absolute Gasteiger partial charge is 0.453 e. The molecule has 0 bridgehead atoms. The molecule has 3 aromatic heterocycles. The Bertz CT molecular complexity index is 1140. The van der Waals surface area contributed by atoms with Gasteiger partial charge in [0.1, 0.15) is 16.3 Å². The highest BCUT2D eigenvalue weighted by molar-refractivity contribution is 7.16. The SMILES string of the molecule is COC(=O)NC1CCN(C(=O)c2cc(N[C@@H](C)C(C)C)nc(-c3cnn4ccsc34)n2)CC1.Cl. The number of aromatic nitrogens is 4. The second-order valence-corrected chi connectivity index (χ2v) is 9.45. The summed E-state index contributed by atoms with van der Waals surface area (Å²) < 4.78 is 6.45. The number of carbonyl (C=O) groups excluding carboxylic acids is 2. The molecule has 0 saturated carbocycles. The van der Waals surface area contributed by atoms with Gasteiger partial charge in [0.15, 0.2) is 5.82 Å². The number of anilines is 1. The van der Waals surface area contributed by atoms with Crippen molar-refractivity contribution in [3.05, 3.63) is 29.5 Å². The van der Waals surface area contributed by atoms with Crippen molar-refractivity contribution in [2.75, 3.05) is 25.5 Å². The third-order valence-corrected chi connectivity index (χ3v) is 6.87. The minimum Gasteiger partial charge on any atom is -0.453 e. The van der Waals surface area contributed by atoms with E-state index in [-0.39, 0.29) is 30.4 Å². The Hall–Kier alpha value is -2.92. The van der Waals surface area contributed by atoms with Crippen LogP contribution in [0.15, 0.2) is 23.8 Å². The summed E-state index contributed by atoms with van der Waals surface area (Å²) >= 11 is 1.55. The van der Waals surface area contributed by atoms with Crippen LogP contribution in [0.4, 0.5) is 10.6 Å². The number of hydrogen-bond donors (Lipinski definition) is 2. The molecule has 0 unspecified atom stereocenters. The standard InChI is InChI=1S/C22H29N7O3S.ClH/c1-13(2)14(3)24-18-11-17(20(30)28-7-5-15(6-8-28)25-22(31)32-4)26-19(27-18)16-12-23-29-9-10-33-21(16)29;/h9-15H,5-8H2,1-4H3,(H,25,31)(H,24,26,27);1H/t14-;/m0./s1. The number of alkyl carbamates (subject to hydrolysis) is 1. The van der Waals surface area contributed by atoms with Gasteiger partial charge in [-0.3, -0.25) is 4.79 Å². The van der Waals surface area contributed by atoms with E-state index in [2.05, 4.69) is 46.2 Å². The molecule has 12 heteroatoms. The number of methoxy groups -OCH3 is 1. The average Bonchev–Trinajstić information content (AvgIpc) is 3.43. The van der Waals surface area contributed by atoms with Gasteiger partial charge in [-0.05, 0) is 25.7 Å². The Morgan fingerprint density at radius 3 is 2.62 bits per heavy atom. The number of rotatable bonds is 6. The van der Waals surface area contributed by atoms with Gasteiger partial charge in [-0.25, -0.2) is 19.3 Å². The summed E-state index contributed by atoms with van der Waals surface area (Å²) in [5.41, 5.74) is 1.13. The third-order valence-electron chi connectivity index (χ3n) is 5.98. The first-order valence-corrected chi connectivity index (χ1v) is 11.9. The smallest absolute Gasteiger partial charge is 0.407 e. The predicted octanol–water partition coefficient (Wildman–Crippen LogP) is 3.69. The van der Waals surface area contributed by atoms with Crippen LogP contribution in [0.1, 0.15) is 44.1 Å². The molecule has 0 aliphatic carbocycles. The van der Waals surface area contributed by atoms with E-state index in [4.69, 9.17) is 4.98 Å². The zero-order valence-corrected chi connectivity index (χ0v) is 21.3. The summed E-state index contributed by atoms with van der Waals surface area (Å²) in [6.45, 7) is 7.41. The quantitative estimate of drug-likeness (QED) is 0.523. The summed E-state index contributed by atoms with van der Waals surface area (Å²) in [5, 5.41) is 12.5. The number of thiazole rings is 1. The van der Waals surface area contributed by atoms with Crippen LogP contribution in [0.2, 0.25) is 0 Å². The van der Waals surface area contributed by atoms with Crippen molar-refractivity contribution in [1.29, 1.82) is 0 Å². The molecule has 1 atom stereocenters. The number of halogens is 1. The highest BCUT2D eigenvalue weighted by Gasteiger charge is 2.27. The van der Waals surface area contributed by atoms with Crippen LogP contribution in [-0.4, -0.2) is 68.8 Å². The zero-order chi connectivity index (χ0) is 23.5. The van der Waals surface area contributed by atoms with Crippen LogP contribution in [0, 0.1) is 5.92 Å². The molecule has 4 rings (SSSR count). The maximum absolute atomic E-state index is 13.4. The van der Waals surface area contributed by atoms with Crippen molar-refractivity contribution < 1.29 is 14.3 Å². The van der Waals surface area contributed by atoms with Crippen molar-refractivity contribution in [3.8, 4) is 11.4 Å². The minimum absolute atomic E-state index is 0. The second-order valence-electron chi connectivity index (χ2n) is 8.55. The molecule has 0 spiro atoms. The number of ether oxygens (including phenoxy) is 1. The summed E-state index contributed by atoms with van der Waals surface area (Å²) in [6, 6.07) is 1.88. The first-order chi connectivity index (χ1) is 15.9. The lowest BCUT2D eigenvalue weighted by molar-refractivity contribution is 0.0698. The average molecular weight is 508 g/mol. The molecule has 1 aliphatic rings. The summed E-state index contributed by atoms with van der Waals surface area (Å²) in [4.78, 5) is 36.9. The third kappa shape index (κ3) is 5.58. The number of nitrogens with one attached hydrogen (secondary N) is 2. The maximum atomic E-state index is 13.4. The normalized spacial score (nSPS) is 15.1. The van der Waals surface area contributed by atoms with Gasteiger partial charge >= 0.3 is 6.09 Å². The fourth-order valence-electron chi connectivity index (χ4n) is 3.65. The van der Waals surface area contributed by atoms with E-state index >= 15 is 0 Å². The summed E-state index contributed by atoms with van der Waals surface area (Å²) in [7, 11) is 1.34. The second kappa shape index (κ2) is 11.0. The highest BCUT2D eigenvalue weighted by Crippen LogP contribution is 2.27. The molecular weight excluding hydrogens is 478 g/mol. The van der Waals surface area contributed by atoms with E-state index in [0.717, 1.165) is 10.4 Å². The van der Waals surface area contributed by atoms with E-state index in [0.29, 0.717) is 49.2 Å².